The highest BCUT2D eigenvalue weighted by Gasteiger charge is 2.17. The van der Waals surface area contributed by atoms with Gasteiger partial charge in [0.05, 0.1) is 19.2 Å². The lowest BCUT2D eigenvalue weighted by molar-refractivity contribution is -0.155. The minimum atomic E-state index is -0.541. The molecule has 0 aliphatic heterocycles. The third kappa shape index (κ3) is 3.01. The number of ether oxygens (including phenoxy) is 1. The fourth-order valence-electron chi connectivity index (χ4n) is 1.71. The number of aromatic nitrogens is 5. The molecule has 0 fully saturated rings. The SMILES string of the molecule is Cn1ncc2c(=O)n(CCC(=O)OC(C)(C)C)nnc21. The zero-order valence-corrected chi connectivity index (χ0v) is 12.0. The van der Waals surface area contributed by atoms with Crippen molar-refractivity contribution in [1.82, 2.24) is 24.8 Å². The highest BCUT2D eigenvalue weighted by Crippen LogP contribution is 2.08. The molecular formula is C12H17N5O3. The Bertz CT molecular complexity index is 695. The molecule has 0 aliphatic carbocycles. The third-order valence-corrected chi connectivity index (χ3v) is 2.57. The first kappa shape index (κ1) is 14.2. The molecule has 0 N–H and O–H groups in total. The van der Waals surface area contributed by atoms with Crippen LogP contribution in [0.1, 0.15) is 27.2 Å². The van der Waals surface area contributed by atoms with Crippen LogP contribution in [0.4, 0.5) is 0 Å². The molecule has 0 bridgehead atoms. The number of hydrogen-bond acceptors (Lipinski definition) is 6. The standard InChI is InChI=1S/C12H17N5O3/c1-12(2,3)20-9(18)5-6-17-11(19)8-7-13-16(4)10(8)14-15-17/h7H,5-6H2,1-4H3. The molecular weight excluding hydrogens is 262 g/mol. The summed E-state index contributed by atoms with van der Waals surface area (Å²) in [4.78, 5) is 23.7. The van der Waals surface area contributed by atoms with Gasteiger partial charge in [-0.05, 0) is 20.8 Å². The van der Waals surface area contributed by atoms with Crippen molar-refractivity contribution in [2.24, 2.45) is 7.05 Å². The monoisotopic (exact) mass is 279 g/mol. The molecule has 0 aliphatic rings. The second-order valence-electron chi connectivity index (χ2n) is 5.46. The first-order valence-electron chi connectivity index (χ1n) is 6.25. The lowest BCUT2D eigenvalue weighted by Crippen LogP contribution is -2.28. The molecule has 8 heteroatoms. The number of carbonyl (C=O) groups is 1. The third-order valence-electron chi connectivity index (χ3n) is 2.57. The lowest BCUT2D eigenvalue weighted by atomic mass is 10.2. The van der Waals surface area contributed by atoms with Crippen LogP contribution in [0.25, 0.3) is 11.0 Å². The topological polar surface area (TPSA) is 91.9 Å². The van der Waals surface area contributed by atoms with Crippen molar-refractivity contribution in [2.45, 2.75) is 39.3 Å². The van der Waals surface area contributed by atoms with Crippen LogP contribution in [0.3, 0.4) is 0 Å². The van der Waals surface area contributed by atoms with E-state index in [1.54, 1.807) is 27.8 Å². The van der Waals surface area contributed by atoms with Crippen molar-refractivity contribution in [3.8, 4) is 0 Å². The van der Waals surface area contributed by atoms with E-state index in [1.165, 1.54) is 10.9 Å². The summed E-state index contributed by atoms with van der Waals surface area (Å²) < 4.78 is 7.79. The molecule has 0 radical (unpaired) electrons. The van der Waals surface area contributed by atoms with E-state index < -0.39 is 5.60 Å². The number of fused-ring (bicyclic) bond motifs is 1. The zero-order valence-electron chi connectivity index (χ0n) is 12.0. The van der Waals surface area contributed by atoms with Gasteiger partial charge >= 0.3 is 5.97 Å². The summed E-state index contributed by atoms with van der Waals surface area (Å²) >= 11 is 0. The molecule has 20 heavy (non-hydrogen) atoms. The number of hydrogen-bond donors (Lipinski definition) is 0. The van der Waals surface area contributed by atoms with Crippen LogP contribution in [-0.2, 0) is 23.1 Å². The van der Waals surface area contributed by atoms with Crippen LogP contribution in [0.15, 0.2) is 11.0 Å². The maximum absolute atomic E-state index is 12.1. The zero-order chi connectivity index (χ0) is 14.9. The van der Waals surface area contributed by atoms with Crippen molar-refractivity contribution in [1.29, 1.82) is 0 Å². The maximum atomic E-state index is 12.1. The van der Waals surface area contributed by atoms with Crippen molar-refractivity contribution in [3.63, 3.8) is 0 Å². The molecule has 0 unspecified atom stereocenters. The highest BCUT2D eigenvalue weighted by atomic mass is 16.6. The van der Waals surface area contributed by atoms with E-state index >= 15 is 0 Å². The van der Waals surface area contributed by atoms with Crippen LogP contribution < -0.4 is 5.56 Å². The van der Waals surface area contributed by atoms with Gasteiger partial charge in [0.25, 0.3) is 5.56 Å². The average molecular weight is 279 g/mol. The predicted octanol–water partition coefficient (Wildman–Crippen LogP) is 0.257. The Morgan fingerprint density at radius 2 is 2.10 bits per heavy atom. The largest absolute Gasteiger partial charge is 0.460 e. The molecule has 0 spiro atoms. The lowest BCUT2D eigenvalue weighted by Gasteiger charge is -2.19. The normalized spacial score (nSPS) is 11.8. The number of nitrogens with zero attached hydrogens (tertiary/aromatic N) is 5. The first-order chi connectivity index (χ1) is 9.28. The van der Waals surface area contributed by atoms with Gasteiger partial charge in [-0.3, -0.25) is 9.59 Å². The Balaban J connectivity index is 2.13. The highest BCUT2D eigenvalue weighted by molar-refractivity contribution is 5.72. The van der Waals surface area contributed by atoms with Crippen molar-refractivity contribution >= 4 is 17.0 Å². The quantitative estimate of drug-likeness (QED) is 0.748. The number of rotatable bonds is 3. The second-order valence-corrected chi connectivity index (χ2v) is 5.46. The van der Waals surface area contributed by atoms with Gasteiger partial charge in [0, 0.05) is 7.05 Å². The molecule has 0 atom stereocenters. The van der Waals surface area contributed by atoms with E-state index in [0.29, 0.717) is 11.0 Å². The van der Waals surface area contributed by atoms with Crippen molar-refractivity contribution < 1.29 is 9.53 Å². The predicted molar refractivity (Wildman–Crippen MR) is 71.0 cm³/mol. The molecule has 0 amide bonds. The van der Waals surface area contributed by atoms with E-state index in [-0.39, 0.29) is 24.5 Å². The van der Waals surface area contributed by atoms with Crippen LogP contribution in [0, 0.1) is 0 Å². The average Bonchev–Trinajstić information content (AvgIpc) is 2.69. The Kier molecular flexibility index (Phi) is 3.56. The molecule has 2 aromatic rings. The van der Waals surface area contributed by atoms with Gasteiger partial charge < -0.3 is 4.74 Å². The van der Waals surface area contributed by atoms with Gasteiger partial charge in [-0.2, -0.15) is 5.10 Å². The summed E-state index contributed by atoms with van der Waals surface area (Å²) in [6, 6.07) is 0. The maximum Gasteiger partial charge on any atom is 0.308 e. The van der Waals surface area contributed by atoms with Gasteiger partial charge in [-0.15, -0.1) is 5.10 Å². The Morgan fingerprint density at radius 3 is 2.75 bits per heavy atom. The molecule has 2 rings (SSSR count). The molecule has 0 saturated carbocycles. The van der Waals surface area contributed by atoms with Crippen LogP contribution >= 0.6 is 0 Å². The van der Waals surface area contributed by atoms with E-state index in [4.69, 9.17) is 4.74 Å². The smallest absolute Gasteiger partial charge is 0.308 e. The van der Waals surface area contributed by atoms with Gasteiger partial charge in [0.15, 0.2) is 5.65 Å². The van der Waals surface area contributed by atoms with Crippen molar-refractivity contribution in [3.05, 3.63) is 16.6 Å². The Labute approximate surface area is 115 Å². The summed E-state index contributed by atoms with van der Waals surface area (Å²) in [6.45, 7) is 5.50. The molecule has 2 aromatic heterocycles. The number of esters is 1. The fraction of sp³-hybridized carbons (Fsp3) is 0.583. The summed E-state index contributed by atoms with van der Waals surface area (Å²) in [5.74, 6) is -0.377. The van der Waals surface area contributed by atoms with E-state index in [2.05, 4.69) is 15.4 Å². The van der Waals surface area contributed by atoms with E-state index in [0.717, 1.165) is 4.68 Å². The summed E-state index contributed by atoms with van der Waals surface area (Å²) in [6.07, 6.45) is 1.51. The van der Waals surface area contributed by atoms with Gasteiger partial charge in [0.1, 0.15) is 11.0 Å². The van der Waals surface area contributed by atoms with E-state index in [9.17, 15) is 9.59 Å². The Morgan fingerprint density at radius 1 is 1.40 bits per heavy atom. The van der Waals surface area contributed by atoms with E-state index in [1.807, 2.05) is 0 Å². The molecule has 0 saturated heterocycles. The van der Waals surface area contributed by atoms with Gasteiger partial charge in [-0.25, -0.2) is 9.36 Å². The summed E-state index contributed by atoms with van der Waals surface area (Å²) in [5.41, 5.74) is -0.434. The van der Waals surface area contributed by atoms with Crippen LogP contribution in [0.2, 0.25) is 0 Å². The number of carbonyl (C=O) groups excluding carboxylic acids is 1. The molecule has 8 nitrogen and oxygen atoms in total. The van der Waals surface area contributed by atoms with Crippen molar-refractivity contribution in [2.75, 3.05) is 0 Å². The second kappa shape index (κ2) is 5.03. The molecule has 0 aromatic carbocycles. The summed E-state index contributed by atoms with van der Waals surface area (Å²) in [7, 11) is 1.68. The summed E-state index contributed by atoms with van der Waals surface area (Å²) in [5, 5.41) is 12.0. The minimum Gasteiger partial charge on any atom is -0.460 e. The fourth-order valence-corrected chi connectivity index (χ4v) is 1.71. The van der Waals surface area contributed by atoms with Gasteiger partial charge in [-0.1, -0.05) is 5.21 Å². The number of aryl methyl sites for hydroxylation is 2. The minimum absolute atomic E-state index is 0.0671. The molecule has 108 valence electrons. The molecule has 2 heterocycles. The van der Waals surface area contributed by atoms with Gasteiger partial charge in [0.2, 0.25) is 0 Å². The van der Waals surface area contributed by atoms with Crippen LogP contribution in [-0.4, -0.2) is 36.3 Å². The first-order valence-corrected chi connectivity index (χ1v) is 6.25. The van der Waals surface area contributed by atoms with Crippen LogP contribution in [0.5, 0.6) is 0 Å². The Hall–Kier alpha value is -2.25.